The van der Waals surface area contributed by atoms with E-state index in [0.717, 1.165) is 50.1 Å². The second-order valence-electron chi connectivity index (χ2n) is 5.55. The Hall–Kier alpha value is -1.39. The molecule has 23 heavy (non-hydrogen) atoms. The SMILES string of the molecule is COC(=O)CCCCN[C@H]1CCCCC1=O.Clc1ccccc1. The summed E-state index contributed by atoms with van der Waals surface area (Å²) in [6, 6.07) is 9.51. The standard InChI is InChI=1S/C12H21NO3.C6H5Cl/c1-16-12(15)8-4-5-9-13-10-6-2-3-7-11(10)14;7-6-4-2-1-3-5-6/h10,13H,2-9H2,1H3;1-5H/t10-;/m0./s1. The summed E-state index contributed by atoms with van der Waals surface area (Å²) in [6.45, 7) is 0.813. The molecule has 0 radical (unpaired) electrons. The molecule has 0 spiro atoms. The van der Waals surface area contributed by atoms with Crippen LogP contribution in [0.25, 0.3) is 0 Å². The normalized spacial score (nSPS) is 17.1. The molecule has 5 heteroatoms. The fraction of sp³-hybridized carbons (Fsp3) is 0.556. The van der Waals surface area contributed by atoms with E-state index >= 15 is 0 Å². The van der Waals surface area contributed by atoms with Crippen molar-refractivity contribution in [2.24, 2.45) is 0 Å². The fourth-order valence-corrected chi connectivity index (χ4v) is 2.53. The van der Waals surface area contributed by atoms with Crippen molar-refractivity contribution >= 4 is 23.4 Å². The fourth-order valence-electron chi connectivity index (χ4n) is 2.39. The Kier molecular flexibility index (Phi) is 10.3. The number of unbranched alkanes of at least 4 members (excludes halogenated alkanes) is 1. The topological polar surface area (TPSA) is 55.4 Å². The summed E-state index contributed by atoms with van der Waals surface area (Å²) >= 11 is 5.54. The van der Waals surface area contributed by atoms with Crippen LogP contribution >= 0.6 is 11.6 Å². The van der Waals surface area contributed by atoms with E-state index in [0.29, 0.717) is 12.2 Å². The molecule has 0 amide bonds. The van der Waals surface area contributed by atoms with Crippen LogP contribution in [0.3, 0.4) is 0 Å². The number of esters is 1. The van der Waals surface area contributed by atoms with Crippen LogP contribution in [0.15, 0.2) is 30.3 Å². The molecule has 2 rings (SSSR count). The molecule has 0 aliphatic heterocycles. The smallest absolute Gasteiger partial charge is 0.305 e. The van der Waals surface area contributed by atoms with Gasteiger partial charge in [0.25, 0.3) is 0 Å². The minimum atomic E-state index is -0.159. The summed E-state index contributed by atoms with van der Waals surface area (Å²) in [5, 5.41) is 4.06. The van der Waals surface area contributed by atoms with Crippen molar-refractivity contribution in [2.75, 3.05) is 13.7 Å². The van der Waals surface area contributed by atoms with Crippen molar-refractivity contribution in [3.63, 3.8) is 0 Å². The summed E-state index contributed by atoms with van der Waals surface area (Å²) in [5.41, 5.74) is 0. The molecule has 1 aromatic carbocycles. The lowest BCUT2D eigenvalue weighted by atomic mass is 9.94. The number of hydrogen-bond donors (Lipinski definition) is 1. The Morgan fingerprint density at radius 3 is 2.57 bits per heavy atom. The van der Waals surface area contributed by atoms with Gasteiger partial charge in [0.05, 0.1) is 13.2 Å². The summed E-state index contributed by atoms with van der Waals surface area (Å²) < 4.78 is 4.55. The molecule has 1 aliphatic carbocycles. The molecule has 1 fully saturated rings. The number of carbonyl (C=O) groups is 2. The summed E-state index contributed by atoms with van der Waals surface area (Å²) in [6.07, 6.45) is 6.08. The first-order valence-electron chi connectivity index (χ1n) is 8.17. The molecule has 0 unspecified atom stereocenters. The summed E-state index contributed by atoms with van der Waals surface area (Å²) in [7, 11) is 1.40. The van der Waals surface area contributed by atoms with E-state index in [4.69, 9.17) is 11.6 Å². The second kappa shape index (κ2) is 12.1. The van der Waals surface area contributed by atoms with Crippen molar-refractivity contribution in [1.29, 1.82) is 0 Å². The Morgan fingerprint density at radius 1 is 1.26 bits per heavy atom. The zero-order valence-corrected chi connectivity index (χ0v) is 14.5. The predicted molar refractivity (Wildman–Crippen MR) is 92.6 cm³/mol. The highest BCUT2D eigenvalue weighted by Crippen LogP contribution is 2.14. The Morgan fingerprint density at radius 2 is 2.00 bits per heavy atom. The molecule has 1 N–H and O–H groups in total. The maximum absolute atomic E-state index is 11.5. The number of hydrogen-bond acceptors (Lipinski definition) is 4. The highest BCUT2D eigenvalue weighted by atomic mass is 35.5. The van der Waals surface area contributed by atoms with E-state index in [1.54, 1.807) is 0 Å². The second-order valence-corrected chi connectivity index (χ2v) is 5.98. The number of Topliss-reactive ketones (excluding diaryl/α,β-unsaturated/α-hetero) is 1. The maximum atomic E-state index is 11.5. The van der Waals surface area contributed by atoms with Crippen LogP contribution in [0.2, 0.25) is 5.02 Å². The third-order valence-corrected chi connectivity index (χ3v) is 3.97. The molecule has 1 saturated carbocycles. The van der Waals surface area contributed by atoms with E-state index < -0.39 is 0 Å². The number of nitrogens with one attached hydrogen (secondary N) is 1. The molecule has 0 aromatic heterocycles. The van der Waals surface area contributed by atoms with Gasteiger partial charge in [0.15, 0.2) is 0 Å². The third-order valence-electron chi connectivity index (χ3n) is 3.71. The molecule has 1 aliphatic rings. The number of rotatable bonds is 6. The lowest BCUT2D eigenvalue weighted by Gasteiger charge is -2.21. The lowest BCUT2D eigenvalue weighted by Crippen LogP contribution is -2.39. The molecule has 4 nitrogen and oxygen atoms in total. The molecule has 1 aromatic rings. The van der Waals surface area contributed by atoms with Crippen LogP contribution in [0.5, 0.6) is 0 Å². The van der Waals surface area contributed by atoms with E-state index in [9.17, 15) is 9.59 Å². The van der Waals surface area contributed by atoms with Crippen molar-refractivity contribution in [3.8, 4) is 0 Å². The highest BCUT2D eigenvalue weighted by molar-refractivity contribution is 6.30. The van der Waals surface area contributed by atoms with Gasteiger partial charge in [0, 0.05) is 17.9 Å². The Balaban J connectivity index is 0.000000313. The van der Waals surface area contributed by atoms with Crippen LogP contribution in [-0.4, -0.2) is 31.4 Å². The number of ketones is 1. The molecule has 1 atom stereocenters. The van der Waals surface area contributed by atoms with Gasteiger partial charge < -0.3 is 10.1 Å². The maximum Gasteiger partial charge on any atom is 0.305 e. The van der Waals surface area contributed by atoms with E-state index in [1.165, 1.54) is 7.11 Å². The third kappa shape index (κ3) is 9.36. The molecular formula is C18H26ClNO3. The monoisotopic (exact) mass is 339 g/mol. The minimum absolute atomic E-state index is 0.0619. The molecule has 0 heterocycles. The van der Waals surface area contributed by atoms with Gasteiger partial charge in [-0.15, -0.1) is 0 Å². The van der Waals surface area contributed by atoms with Crippen LogP contribution < -0.4 is 5.32 Å². The van der Waals surface area contributed by atoms with Gasteiger partial charge in [-0.25, -0.2) is 0 Å². The Bertz CT molecular complexity index is 465. The zero-order chi connectivity index (χ0) is 16.9. The first-order chi connectivity index (χ1) is 11.1. The highest BCUT2D eigenvalue weighted by Gasteiger charge is 2.20. The van der Waals surface area contributed by atoms with E-state index in [-0.39, 0.29) is 12.0 Å². The van der Waals surface area contributed by atoms with Crippen molar-refractivity contribution in [3.05, 3.63) is 35.4 Å². The number of benzene rings is 1. The molecule has 0 saturated heterocycles. The molecule has 0 bridgehead atoms. The van der Waals surface area contributed by atoms with Gasteiger partial charge in [-0.3, -0.25) is 9.59 Å². The van der Waals surface area contributed by atoms with E-state index in [2.05, 4.69) is 10.1 Å². The zero-order valence-electron chi connectivity index (χ0n) is 13.7. The van der Waals surface area contributed by atoms with Crippen LogP contribution in [0.4, 0.5) is 0 Å². The van der Waals surface area contributed by atoms with Gasteiger partial charge in [-0.1, -0.05) is 36.2 Å². The number of halogens is 1. The molecular weight excluding hydrogens is 314 g/mol. The van der Waals surface area contributed by atoms with E-state index in [1.807, 2.05) is 30.3 Å². The van der Waals surface area contributed by atoms with Gasteiger partial charge in [-0.2, -0.15) is 0 Å². The minimum Gasteiger partial charge on any atom is -0.469 e. The number of ether oxygens (including phenoxy) is 1. The quantitative estimate of drug-likeness (QED) is 0.633. The van der Waals surface area contributed by atoms with Crippen LogP contribution in [0, 0.1) is 0 Å². The first kappa shape index (κ1) is 19.7. The van der Waals surface area contributed by atoms with Gasteiger partial charge in [0.2, 0.25) is 0 Å². The number of carbonyl (C=O) groups excluding carboxylic acids is 2. The van der Waals surface area contributed by atoms with Crippen molar-refractivity contribution < 1.29 is 14.3 Å². The van der Waals surface area contributed by atoms with Crippen molar-refractivity contribution in [1.82, 2.24) is 5.32 Å². The van der Waals surface area contributed by atoms with Crippen LogP contribution in [0.1, 0.15) is 44.9 Å². The van der Waals surface area contributed by atoms with Gasteiger partial charge in [0.1, 0.15) is 5.78 Å². The average molecular weight is 340 g/mol. The largest absolute Gasteiger partial charge is 0.469 e. The summed E-state index contributed by atoms with van der Waals surface area (Å²) in [4.78, 5) is 22.3. The lowest BCUT2D eigenvalue weighted by molar-refractivity contribution is -0.140. The first-order valence-corrected chi connectivity index (χ1v) is 8.54. The number of methoxy groups -OCH3 is 1. The van der Waals surface area contributed by atoms with Crippen molar-refractivity contribution in [2.45, 2.75) is 51.0 Å². The summed E-state index contributed by atoms with van der Waals surface area (Å²) in [5.74, 6) is 0.188. The van der Waals surface area contributed by atoms with Gasteiger partial charge >= 0.3 is 5.97 Å². The molecule has 128 valence electrons. The Labute approximate surface area is 143 Å². The predicted octanol–water partition coefficient (Wildman–Crippen LogP) is 3.77. The average Bonchev–Trinajstić information content (AvgIpc) is 2.57. The van der Waals surface area contributed by atoms with Gasteiger partial charge in [-0.05, 0) is 44.4 Å². The van der Waals surface area contributed by atoms with Crippen LogP contribution in [-0.2, 0) is 14.3 Å².